The monoisotopic (exact) mass is 387 g/mol. The number of aliphatic hydroxyl groups is 1. The Balaban J connectivity index is 1.44. The van der Waals surface area contributed by atoms with Gasteiger partial charge in [0.1, 0.15) is 5.76 Å². The van der Waals surface area contributed by atoms with Crippen LogP contribution in [0.3, 0.4) is 0 Å². The summed E-state index contributed by atoms with van der Waals surface area (Å²) in [5, 5.41) is 10.9. The Labute approximate surface area is 170 Å². The summed E-state index contributed by atoms with van der Waals surface area (Å²) >= 11 is 0. The maximum atomic E-state index is 13.4. The molecule has 0 aromatic rings. The summed E-state index contributed by atoms with van der Waals surface area (Å²) in [6.07, 6.45) is 15.5. The Morgan fingerprint density at radius 2 is 2.18 bits per heavy atom. The molecule has 4 nitrogen and oxygen atoms in total. The van der Waals surface area contributed by atoms with E-state index in [0.717, 1.165) is 57.1 Å². The predicted octanol–water partition coefficient (Wildman–Crippen LogP) is 4.44. The third kappa shape index (κ3) is 3.90. The first-order valence-electron chi connectivity index (χ1n) is 11.4. The van der Waals surface area contributed by atoms with Crippen LogP contribution in [0.25, 0.3) is 0 Å². The van der Waals surface area contributed by atoms with Crippen molar-refractivity contribution >= 4 is 5.91 Å². The number of carbonyl (C=O) groups excluding carboxylic acids is 1. The minimum atomic E-state index is -0.454. The molecule has 3 bridgehead atoms. The molecule has 28 heavy (non-hydrogen) atoms. The third-order valence-corrected chi connectivity index (χ3v) is 7.77. The van der Waals surface area contributed by atoms with Crippen molar-refractivity contribution in [3.05, 3.63) is 24.0 Å². The van der Waals surface area contributed by atoms with E-state index in [1.165, 1.54) is 6.42 Å². The summed E-state index contributed by atoms with van der Waals surface area (Å²) in [7, 11) is 2.00. The fourth-order valence-corrected chi connectivity index (χ4v) is 6.60. The molecule has 4 rings (SSSR count). The topological polar surface area (TPSA) is 49.8 Å². The van der Waals surface area contributed by atoms with Crippen molar-refractivity contribution in [1.29, 1.82) is 0 Å². The van der Waals surface area contributed by atoms with Crippen molar-refractivity contribution in [3.8, 4) is 0 Å². The zero-order valence-electron chi connectivity index (χ0n) is 17.8. The van der Waals surface area contributed by atoms with E-state index in [4.69, 9.17) is 4.74 Å². The van der Waals surface area contributed by atoms with E-state index in [1.807, 2.05) is 24.1 Å². The van der Waals surface area contributed by atoms with Gasteiger partial charge in [-0.3, -0.25) is 4.79 Å². The van der Waals surface area contributed by atoms with Crippen LogP contribution in [-0.4, -0.2) is 40.7 Å². The number of nitrogens with zero attached hydrogens (tertiary/aromatic N) is 1. The summed E-state index contributed by atoms with van der Waals surface area (Å²) in [4.78, 5) is 15.4. The van der Waals surface area contributed by atoms with E-state index in [0.29, 0.717) is 17.8 Å². The molecule has 0 aromatic heterocycles. The Morgan fingerprint density at radius 1 is 1.36 bits per heavy atom. The van der Waals surface area contributed by atoms with E-state index in [-0.39, 0.29) is 24.0 Å². The lowest BCUT2D eigenvalue weighted by molar-refractivity contribution is -0.136. The zero-order valence-corrected chi connectivity index (χ0v) is 17.8. The molecule has 4 heteroatoms. The number of amides is 1. The molecule has 7 atom stereocenters. The van der Waals surface area contributed by atoms with Gasteiger partial charge in [-0.25, -0.2) is 0 Å². The highest BCUT2D eigenvalue weighted by atomic mass is 16.5. The molecule has 4 aliphatic rings. The first kappa shape index (κ1) is 20.0. The van der Waals surface area contributed by atoms with Crippen molar-refractivity contribution in [1.82, 2.24) is 4.90 Å². The second-order valence-corrected chi connectivity index (χ2v) is 9.99. The van der Waals surface area contributed by atoms with E-state index in [2.05, 4.69) is 19.9 Å². The Morgan fingerprint density at radius 3 is 2.96 bits per heavy atom. The lowest BCUT2D eigenvalue weighted by Gasteiger charge is -2.37. The first-order valence-corrected chi connectivity index (χ1v) is 11.4. The lowest BCUT2D eigenvalue weighted by atomic mass is 9.77. The van der Waals surface area contributed by atoms with Gasteiger partial charge in [-0.1, -0.05) is 19.4 Å². The third-order valence-electron chi connectivity index (χ3n) is 7.77. The minimum Gasteiger partial charge on any atom is -0.491 e. The van der Waals surface area contributed by atoms with Gasteiger partial charge in [-0.05, 0) is 88.2 Å². The number of ether oxygens (including phenoxy) is 1. The van der Waals surface area contributed by atoms with Gasteiger partial charge >= 0.3 is 0 Å². The molecule has 1 N–H and O–H groups in total. The number of fused-ring (bicyclic) bond motifs is 2. The van der Waals surface area contributed by atoms with Gasteiger partial charge in [-0.15, -0.1) is 0 Å². The largest absolute Gasteiger partial charge is 0.491 e. The number of hydrogen-bond acceptors (Lipinski definition) is 3. The number of rotatable bonds is 6. The fraction of sp³-hybridized carbons (Fsp3) is 0.792. The lowest BCUT2D eigenvalue weighted by Crippen LogP contribution is -2.45. The van der Waals surface area contributed by atoms with Gasteiger partial charge in [0.05, 0.1) is 17.6 Å². The quantitative estimate of drug-likeness (QED) is 0.733. The Kier molecular flexibility index (Phi) is 5.61. The van der Waals surface area contributed by atoms with E-state index >= 15 is 0 Å². The summed E-state index contributed by atoms with van der Waals surface area (Å²) in [5.74, 6) is 2.65. The predicted molar refractivity (Wildman–Crippen MR) is 110 cm³/mol. The summed E-state index contributed by atoms with van der Waals surface area (Å²) in [5.41, 5.74) is -0.454. The Hall–Kier alpha value is -1.29. The van der Waals surface area contributed by atoms with Gasteiger partial charge in [-0.2, -0.15) is 0 Å². The molecule has 0 aliphatic heterocycles. The second-order valence-electron chi connectivity index (χ2n) is 9.99. The molecular formula is C24H37NO3. The molecule has 0 spiro atoms. The molecule has 0 heterocycles. The molecular weight excluding hydrogens is 350 g/mol. The SMILES string of the molecule is CCCC(C)OC1=CC(C(=O)N(C)C2CCC3CC4CC(O)(C3)CC42)CC=C1. The van der Waals surface area contributed by atoms with E-state index in [1.54, 1.807) is 0 Å². The number of hydrogen-bond donors (Lipinski definition) is 1. The molecule has 0 saturated heterocycles. The van der Waals surface area contributed by atoms with Crippen LogP contribution in [0.2, 0.25) is 0 Å². The molecule has 1 amide bonds. The number of allylic oxidation sites excluding steroid dienone is 2. The second kappa shape index (κ2) is 7.85. The number of carbonyl (C=O) groups is 1. The summed E-state index contributed by atoms with van der Waals surface area (Å²) in [6, 6.07) is 0.277. The molecule has 0 aromatic carbocycles. The molecule has 3 saturated carbocycles. The van der Waals surface area contributed by atoms with Crippen molar-refractivity contribution in [2.24, 2.45) is 23.7 Å². The van der Waals surface area contributed by atoms with Crippen molar-refractivity contribution in [2.45, 2.75) is 89.4 Å². The average molecular weight is 388 g/mol. The minimum absolute atomic E-state index is 0.125. The van der Waals surface area contributed by atoms with Crippen LogP contribution in [0.15, 0.2) is 24.0 Å². The molecule has 7 unspecified atom stereocenters. The highest BCUT2D eigenvalue weighted by Gasteiger charge is 2.54. The highest BCUT2D eigenvalue weighted by molar-refractivity contribution is 5.81. The molecule has 3 fully saturated rings. The van der Waals surface area contributed by atoms with Crippen molar-refractivity contribution in [2.75, 3.05) is 7.05 Å². The normalized spacial score (nSPS) is 40.0. The van der Waals surface area contributed by atoms with Crippen molar-refractivity contribution < 1.29 is 14.6 Å². The Bertz CT molecular complexity index is 656. The van der Waals surface area contributed by atoms with E-state index in [9.17, 15) is 9.90 Å². The van der Waals surface area contributed by atoms with Crippen LogP contribution >= 0.6 is 0 Å². The van der Waals surface area contributed by atoms with Gasteiger partial charge in [0.15, 0.2) is 0 Å². The maximum absolute atomic E-state index is 13.4. The highest BCUT2D eigenvalue weighted by Crippen LogP contribution is 2.56. The van der Waals surface area contributed by atoms with E-state index < -0.39 is 5.60 Å². The van der Waals surface area contributed by atoms with Gasteiger partial charge < -0.3 is 14.7 Å². The van der Waals surface area contributed by atoms with Crippen LogP contribution < -0.4 is 0 Å². The van der Waals surface area contributed by atoms with Crippen LogP contribution in [0.1, 0.15) is 71.6 Å². The maximum Gasteiger partial charge on any atom is 0.229 e. The smallest absolute Gasteiger partial charge is 0.229 e. The average Bonchev–Trinajstić information content (AvgIpc) is 2.81. The van der Waals surface area contributed by atoms with Crippen molar-refractivity contribution in [3.63, 3.8) is 0 Å². The molecule has 156 valence electrons. The van der Waals surface area contributed by atoms with Crippen LogP contribution in [0.5, 0.6) is 0 Å². The molecule has 0 radical (unpaired) electrons. The van der Waals surface area contributed by atoms with Crippen LogP contribution in [-0.2, 0) is 9.53 Å². The summed E-state index contributed by atoms with van der Waals surface area (Å²) < 4.78 is 6.03. The van der Waals surface area contributed by atoms with Gasteiger partial charge in [0.2, 0.25) is 5.91 Å². The standard InChI is InChI=1S/C24H37NO3/c1-4-6-16(2)28-20-8-5-7-18(12-20)23(26)25(3)22-10-9-17-11-19-14-24(27,13-17)15-21(19)22/h5,8,12,16-19,21-22,27H,4,6-7,9-11,13-15H2,1-3H3. The van der Waals surface area contributed by atoms with Crippen LogP contribution in [0, 0.1) is 23.7 Å². The van der Waals surface area contributed by atoms with Crippen LogP contribution in [0.4, 0.5) is 0 Å². The first-order chi connectivity index (χ1) is 13.4. The summed E-state index contributed by atoms with van der Waals surface area (Å²) in [6.45, 7) is 4.26. The zero-order chi connectivity index (χ0) is 19.9. The van der Waals surface area contributed by atoms with Gasteiger partial charge in [0.25, 0.3) is 0 Å². The van der Waals surface area contributed by atoms with Gasteiger partial charge in [0, 0.05) is 13.1 Å². The molecule has 4 aliphatic carbocycles. The fourth-order valence-electron chi connectivity index (χ4n) is 6.60.